The molecule has 0 bridgehead atoms. The largest absolute Gasteiger partial charge is 0.467 e. The molecule has 0 heterocycles. The highest BCUT2D eigenvalue weighted by atomic mass is 16.5. The van der Waals surface area contributed by atoms with Crippen LogP contribution < -0.4 is 0 Å². The third-order valence-electron chi connectivity index (χ3n) is 2.27. The first-order valence-corrected chi connectivity index (χ1v) is 4.98. The number of hydrogen-bond donors (Lipinski definition) is 0. The molecule has 0 fully saturated rings. The van der Waals surface area contributed by atoms with Crippen LogP contribution >= 0.6 is 0 Å². The first-order chi connectivity index (χ1) is 6.88. The molecule has 0 amide bonds. The molecule has 1 atom stereocenters. The minimum absolute atomic E-state index is 0.339. The smallest absolute Gasteiger partial charge is 0.293 e. The number of carbonyl (C=O) groups is 1. The highest BCUT2D eigenvalue weighted by molar-refractivity contribution is 5.37. The molecule has 1 rings (SSSR count). The molecular weight excluding hydrogens is 176 g/mol. The molecule has 1 aromatic rings. The fourth-order valence-corrected chi connectivity index (χ4v) is 1.58. The van der Waals surface area contributed by atoms with Crippen LogP contribution in [-0.4, -0.2) is 13.1 Å². The van der Waals surface area contributed by atoms with Crippen molar-refractivity contribution in [3.05, 3.63) is 35.9 Å². The molecule has 2 heteroatoms. The second-order valence-corrected chi connectivity index (χ2v) is 3.33. The van der Waals surface area contributed by atoms with Gasteiger partial charge < -0.3 is 4.74 Å². The Balaban J connectivity index is 2.62. The third-order valence-corrected chi connectivity index (χ3v) is 2.27. The molecule has 1 aromatic carbocycles. The van der Waals surface area contributed by atoms with E-state index in [4.69, 9.17) is 4.74 Å². The van der Waals surface area contributed by atoms with Gasteiger partial charge in [0, 0.05) is 5.92 Å². The van der Waals surface area contributed by atoms with Crippen LogP contribution in [0, 0.1) is 0 Å². The minimum Gasteiger partial charge on any atom is -0.467 e. The average Bonchev–Trinajstić information content (AvgIpc) is 2.25. The summed E-state index contributed by atoms with van der Waals surface area (Å²) in [5.74, 6) is 0.339. The molecule has 1 unspecified atom stereocenters. The van der Waals surface area contributed by atoms with E-state index in [9.17, 15) is 4.79 Å². The van der Waals surface area contributed by atoms with E-state index in [1.165, 1.54) is 5.56 Å². The number of rotatable bonds is 6. The van der Waals surface area contributed by atoms with Crippen molar-refractivity contribution in [1.82, 2.24) is 0 Å². The second kappa shape index (κ2) is 6.19. The maximum atomic E-state index is 10.1. The molecule has 0 aliphatic carbocycles. The summed E-state index contributed by atoms with van der Waals surface area (Å²) in [6.45, 7) is 3.14. The highest BCUT2D eigenvalue weighted by Gasteiger charge is 2.10. The van der Waals surface area contributed by atoms with Gasteiger partial charge in [0.1, 0.15) is 0 Å². The van der Waals surface area contributed by atoms with Crippen LogP contribution in [0.2, 0.25) is 0 Å². The Morgan fingerprint density at radius 2 is 2.07 bits per heavy atom. The maximum absolute atomic E-state index is 10.1. The second-order valence-electron chi connectivity index (χ2n) is 3.33. The van der Waals surface area contributed by atoms with Crippen LogP contribution in [0.1, 0.15) is 31.2 Å². The van der Waals surface area contributed by atoms with Gasteiger partial charge in [-0.1, -0.05) is 43.7 Å². The van der Waals surface area contributed by atoms with Crippen molar-refractivity contribution >= 4 is 6.47 Å². The lowest BCUT2D eigenvalue weighted by atomic mass is 9.95. The van der Waals surface area contributed by atoms with E-state index >= 15 is 0 Å². The fraction of sp³-hybridized carbons (Fsp3) is 0.417. The standard InChI is InChI=1S/C12H16O2/c1-2-6-12(9-14-10-13)11-7-4-3-5-8-11/h3-5,7-8,10,12H,2,6,9H2,1H3. The topological polar surface area (TPSA) is 26.3 Å². The lowest BCUT2D eigenvalue weighted by Crippen LogP contribution is -2.06. The Morgan fingerprint density at radius 1 is 1.36 bits per heavy atom. The minimum atomic E-state index is 0.339. The summed E-state index contributed by atoms with van der Waals surface area (Å²) in [5.41, 5.74) is 1.25. The molecular formula is C12H16O2. The van der Waals surface area contributed by atoms with E-state index in [2.05, 4.69) is 19.1 Å². The predicted molar refractivity (Wildman–Crippen MR) is 56.1 cm³/mol. The van der Waals surface area contributed by atoms with Crippen LogP contribution in [0.5, 0.6) is 0 Å². The predicted octanol–water partition coefficient (Wildman–Crippen LogP) is 2.74. The lowest BCUT2D eigenvalue weighted by molar-refractivity contribution is -0.129. The van der Waals surface area contributed by atoms with Gasteiger partial charge in [-0.2, -0.15) is 0 Å². The molecule has 0 aliphatic rings. The van der Waals surface area contributed by atoms with Crippen LogP contribution in [0.15, 0.2) is 30.3 Å². The van der Waals surface area contributed by atoms with Crippen molar-refractivity contribution in [2.75, 3.05) is 6.61 Å². The molecule has 14 heavy (non-hydrogen) atoms. The summed E-state index contributed by atoms with van der Waals surface area (Å²) in [6, 6.07) is 10.2. The highest BCUT2D eigenvalue weighted by Crippen LogP contribution is 2.20. The van der Waals surface area contributed by atoms with Gasteiger partial charge in [0.2, 0.25) is 0 Å². The van der Waals surface area contributed by atoms with Crippen molar-refractivity contribution < 1.29 is 9.53 Å². The Bertz CT molecular complexity index is 256. The lowest BCUT2D eigenvalue weighted by Gasteiger charge is -2.14. The van der Waals surface area contributed by atoms with E-state index in [-0.39, 0.29) is 0 Å². The Kier molecular flexibility index (Phi) is 4.76. The van der Waals surface area contributed by atoms with Gasteiger partial charge in [-0.25, -0.2) is 0 Å². The van der Waals surface area contributed by atoms with Gasteiger partial charge in [-0.15, -0.1) is 0 Å². The van der Waals surface area contributed by atoms with Crippen molar-refractivity contribution in [2.45, 2.75) is 25.7 Å². The van der Waals surface area contributed by atoms with E-state index in [1.807, 2.05) is 18.2 Å². The zero-order valence-electron chi connectivity index (χ0n) is 8.48. The van der Waals surface area contributed by atoms with Gasteiger partial charge in [0.15, 0.2) is 0 Å². The van der Waals surface area contributed by atoms with Crippen molar-refractivity contribution in [2.24, 2.45) is 0 Å². The Morgan fingerprint density at radius 3 is 2.64 bits per heavy atom. The molecule has 0 saturated heterocycles. The number of carbonyl (C=O) groups excluding carboxylic acids is 1. The molecule has 0 aromatic heterocycles. The van der Waals surface area contributed by atoms with Gasteiger partial charge in [0.25, 0.3) is 6.47 Å². The monoisotopic (exact) mass is 192 g/mol. The van der Waals surface area contributed by atoms with Gasteiger partial charge in [-0.3, -0.25) is 4.79 Å². The maximum Gasteiger partial charge on any atom is 0.293 e. The van der Waals surface area contributed by atoms with Crippen LogP contribution in [-0.2, 0) is 9.53 Å². The van der Waals surface area contributed by atoms with Crippen molar-refractivity contribution in [3.63, 3.8) is 0 Å². The number of benzene rings is 1. The zero-order chi connectivity index (χ0) is 10.2. The molecule has 0 aliphatic heterocycles. The Hall–Kier alpha value is -1.31. The van der Waals surface area contributed by atoms with Crippen LogP contribution in [0.25, 0.3) is 0 Å². The summed E-state index contributed by atoms with van der Waals surface area (Å²) in [7, 11) is 0. The van der Waals surface area contributed by atoms with Crippen LogP contribution in [0.3, 0.4) is 0 Å². The van der Waals surface area contributed by atoms with E-state index in [0.29, 0.717) is 19.0 Å². The quantitative estimate of drug-likeness (QED) is 0.648. The molecule has 0 N–H and O–H groups in total. The van der Waals surface area contributed by atoms with E-state index in [1.54, 1.807) is 0 Å². The SMILES string of the molecule is CCCC(COC=O)c1ccccc1. The summed E-state index contributed by atoms with van der Waals surface area (Å²) in [6.07, 6.45) is 2.15. The molecule has 2 nitrogen and oxygen atoms in total. The molecule has 0 saturated carbocycles. The third kappa shape index (κ3) is 3.21. The molecule has 0 spiro atoms. The van der Waals surface area contributed by atoms with Gasteiger partial charge in [-0.05, 0) is 12.0 Å². The molecule has 0 radical (unpaired) electrons. The number of ether oxygens (including phenoxy) is 1. The van der Waals surface area contributed by atoms with E-state index in [0.717, 1.165) is 12.8 Å². The summed E-state index contributed by atoms with van der Waals surface area (Å²) < 4.78 is 4.82. The van der Waals surface area contributed by atoms with Gasteiger partial charge >= 0.3 is 0 Å². The van der Waals surface area contributed by atoms with Gasteiger partial charge in [0.05, 0.1) is 6.61 Å². The summed E-state index contributed by atoms with van der Waals surface area (Å²) >= 11 is 0. The summed E-state index contributed by atoms with van der Waals surface area (Å²) in [4.78, 5) is 10.1. The average molecular weight is 192 g/mol. The van der Waals surface area contributed by atoms with Crippen molar-refractivity contribution in [1.29, 1.82) is 0 Å². The normalized spacial score (nSPS) is 12.1. The van der Waals surface area contributed by atoms with Crippen molar-refractivity contribution in [3.8, 4) is 0 Å². The summed E-state index contributed by atoms with van der Waals surface area (Å²) in [5, 5.41) is 0. The Labute approximate surface area is 84.9 Å². The molecule has 76 valence electrons. The van der Waals surface area contributed by atoms with E-state index < -0.39 is 0 Å². The number of hydrogen-bond acceptors (Lipinski definition) is 2. The van der Waals surface area contributed by atoms with Crippen LogP contribution in [0.4, 0.5) is 0 Å². The first-order valence-electron chi connectivity index (χ1n) is 4.98. The zero-order valence-corrected chi connectivity index (χ0v) is 8.48. The first kappa shape index (κ1) is 10.8. The fourth-order valence-electron chi connectivity index (χ4n) is 1.58.